The molecule has 0 aliphatic rings. The highest BCUT2D eigenvalue weighted by molar-refractivity contribution is 7.18. The number of thiazole rings is 2. The summed E-state index contributed by atoms with van der Waals surface area (Å²) in [4.78, 5) is 24.4. The minimum absolute atomic E-state index is 0.106. The van der Waals surface area contributed by atoms with E-state index in [2.05, 4.69) is 9.97 Å². The molecule has 126 valence electrons. The Bertz CT molecular complexity index is 1000. The quantitative estimate of drug-likeness (QED) is 0.528. The van der Waals surface area contributed by atoms with Crippen LogP contribution in [-0.4, -0.2) is 27.8 Å². The summed E-state index contributed by atoms with van der Waals surface area (Å²) in [6.45, 7) is 2.37. The normalized spacial score (nSPS) is 11.1. The molecule has 0 aliphatic heterocycles. The Balaban J connectivity index is 1.56. The van der Waals surface area contributed by atoms with Gasteiger partial charge in [0.15, 0.2) is 10.8 Å². The third-order valence-electron chi connectivity index (χ3n) is 3.79. The second-order valence-corrected chi connectivity index (χ2v) is 7.96. The van der Waals surface area contributed by atoms with E-state index in [0.717, 1.165) is 25.1 Å². The Hall–Kier alpha value is -2.51. The average molecular weight is 369 g/mol. The number of carbonyl (C=O) groups is 1. The van der Waals surface area contributed by atoms with Crippen LogP contribution in [0.3, 0.4) is 0 Å². The number of para-hydroxylation sites is 1. The summed E-state index contributed by atoms with van der Waals surface area (Å²) >= 11 is 3.07. The van der Waals surface area contributed by atoms with Crippen LogP contribution in [0.1, 0.15) is 20.4 Å². The summed E-state index contributed by atoms with van der Waals surface area (Å²) < 4.78 is 6.50. The number of amides is 1. The molecule has 0 aliphatic carbocycles. The molecule has 0 radical (unpaired) electrons. The van der Waals surface area contributed by atoms with E-state index in [0.29, 0.717) is 18.0 Å². The lowest BCUT2D eigenvalue weighted by atomic mass is 10.3. The van der Waals surface area contributed by atoms with Crippen LogP contribution in [0, 0.1) is 6.92 Å². The van der Waals surface area contributed by atoms with Crippen LogP contribution in [-0.2, 0) is 6.54 Å². The number of fused-ring (bicyclic) bond motifs is 1. The molecule has 3 heterocycles. The van der Waals surface area contributed by atoms with E-state index in [-0.39, 0.29) is 5.91 Å². The Labute approximate surface area is 152 Å². The van der Waals surface area contributed by atoms with Gasteiger partial charge in [-0.05, 0) is 31.2 Å². The maximum Gasteiger partial charge on any atom is 0.273 e. The number of rotatable bonds is 4. The summed E-state index contributed by atoms with van der Waals surface area (Å²) in [7, 11) is 1.78. The minimum Gasteiger partial charge on any atom is -0.462 e. The predicted molar refractivity (Wildman–Crippen MR) is 100.0 cm³/mol. The van der Waals surface area contributed by atoms with Gasteiger partial charge in [0.05, 0.1) is 23.0 Å². The maximum absolute atomic E-state index is 12.8. The molecule has 1 amide bonds. The third-order valence-corrected chi connectivity index (χ3v) is 5.79. The first-order chi connectivity index (χ1) is 12.1. The van der Waals surface area contributed by atoms with Gasteiger partial charge in [-0.3, -0.25) is 4.79 Å². The van der Waals surface area contributed by atoms with Crippen LogP contribution < -0.4 is 0 Å². The summed E-state index contributed by atoms with van der Waals surface area (Å²) in [6, 6.07) is 11.6. The number of benzene rings is 1. The van der Waals surface area contributed by atoms with E-state index in [1.165, 1.54) is 11.3 Å². The van der Waals surface area contributed by atoms with Crippen molar-refractivity contribution < 1.29 is 9.21 Å². The molecule has 0 unspecified atom stereocenters. The van der Waals surface area contributed by atoms with Crippen molar-refractivity contribution >= 4 is 38.8 Å². The van der Waals surface area contributed by atoms with Gasteiger partial charge >= 0.3 is 0 Å². The largest absolute Gasteiger partial charge is 0.462 e. The Morgan fingerprint density at radius 3 is 2.76 bits per heavy atom. The summed E-state index contributed by atoms with van der Waals surface area (Å²) in [5.41, 5.74) is 1.44. The number of furan rings is 1. The number of nitrogens with zero attached hydrogens (tertiary/aromatic N) is 3. The van der Waals surface area contributed by atoms with Crippen molar-refractivity contribution in [3.63, 3.8) is 0 Å². The molecule has 0 spiro atoms. The van der Waals surface area contributed by atoms with Gasteiger partial charge in [-0.1, -0.05) is 12.1 Å². The average Bonchev–Trinajstić information content (AvgIpc) is 3.32. The lowest BCUT2D eigenvalue weighted by Gasteiger charge is -2.14. The van der Waals surface area contributed by atoms with Crippen LogP contribution in [0.4, 0.5) is 0 Å². The second kappa shape index (κ2) is 6.42. The number of carbonyl (C=O) groups excluding carboxylic acids is 1. The second-order valence-electron chi connectivity index (χ2n) is 5.64. The summed E-state index contributed by atoms with van der Waals surface area (Å²) in [5.74, 6) is 0.576. The third kappa shape index (κ3) is 3.08. The molecule has 0 saturated heterocycles. The van der Waals surface area contributed by atoms with Crippen molar-refractivity contribution in [1.82, 2.24) is 14.9 Å². The molecule has 0 fully saturated rings. The fraction of sp³-hybridized carbons (Fsp3) is 0.167. The van der Waals surface area contributed by atoms with Gasteiger partial charge in [0, 0.05) is 11.9 Å². The SMILES string of the molecule is Cc1sc(-c2ccco2)nc1C(=O)N(C)Cc1nc2ccccc2s1. The minimum atomic E-state index is -0.106. The van der Waals surface area contributed by atoms with E-state index < -0.39 is 0 Å². The zero-order valence-electron chi connectivity index (χ0n) is 13.7. The lowest BCUT2D eigenvalue weighted by Crippen LogP contribution is -2.27. The van der Waals surface area contributed by atoms with Crippen LogP contribution in [0.25, 0.3) is 21.0 Å². The van der Waals surface area contributed by atoms with Gasteiger partial charge in [-0.15, -0.1) is 22.7 Å². The first-order valence-electron chi connectivity index (χ1n) is 7.73. The molecule has 0 bridgehead atoms. The first-order valence-corrected chi connectivity index (χ1v) is 9.36. The van der Waals surface area contributed by atoms with Crippen LogP contribution in [0.15, 0.2) is 47.1 Å². The number of hydrogen-bond acceptors (Lipinski definition) is 6. The highest BCUT2D eigenvalue weighted by atomic mass is 32.1. The van der Waals surface area contributed by atoms with E-state index in [1.54, 1.807) is 29.5 Å². The fourth-order valence-electron chi connectivity index (χ4n) is 2.54. The van der Waals surface area contributed by atoms with Gasteiger partial charge in [0.25, 0.3) is 5.91 Å². The van der Waals surface area contributed by atoms with Crippen LogP contribution >= 0.6 is 22.7 Å². The van der Waals surface area contributed by atoms with Gasteiger partial charge in [-0.2, -0.15) is 0 Å². The molecule has 4 aromatic rings. The standard InChI is InChI=1S/C18H15N3O2S2/c1-11-16(20-17(24-11)13-7-5-9-23-13)18(22)21(2)10-15-19-12-6-3-4-8-14(12)25-15/h3-9H,10H2,1-2H3. The van der Waals surface area contributed by atoms with E-state index in [9.17, 15) is 4.79 Å². The Morgan fingerprint density at radius 2 is 2.00 bits per heavy atom. The van der Waals surface area contributed by atoms with Gasteiger partial charge in [0.1, 0.15) is 10.7 Å². The van der Waals surface area contributed by atoms with Crippen LogP contribution in [0.2, 0.25) is 0 Å². The zero-order chi connectivity index (χ0) is 17.4. The number of aromatic nitrogens is 2. The highest BCUT2D eigenvalue weighted by Gasteiger charge is 2.21. The van der Waals surface area contributed by atoms with Crippen molar-refractivity contribution in [2.75, 3.05) is 7.05 Å². The van der Waals surface area contributed by atoms with Crippen molar-refractivity contribution in [1.29, 1.82) is 0 Å². The van der Waals surface area contributed by atoms with E-state index in [4.69, 9.17) is 4.42 Å². The van der Waals surface area contributed by atoms with E-state index in [1.807, 2.05) is 43.3 Å². The molecule has 7 heteroatoms. The molecule has 0 N–H and O–H groups in total. The molecule has 4 rings (SSSR count). The molecular weight excluding hydrogens is 354 g/mol. The highest BCUT2D eigenvalue weighted by Crippen LogP contribution is 2.29. The number of aryl methyl sites for hydroxylation is 1. The molecule has 0 atom stereocenters. The summed E-state index contributed by atoms with van der Waals surface area (Å²) in [6.07, 6.45) is 1.60. The van der Waals surface area contributed by atoms with Crippen LogP contribution in [0.5, 0.6) is 0 Å². The van der Waals surface area contributed by atoms with E-state index >= 15 is 0 Å². The molecule has 3 aromatic heterocycles. The Kier molecular flexibility index (Phi) is 4.10. The van der Waals surface area contributed by atoms with Crippen molar-refractivity contribution in [2.24, 2.45) is 0 Å². The first kappa shape index (κ1) is 16.0. The van der Waals surface area contributed by atoms with Crippen molar-refractivity contribution in [3.8, 4) is 10.8 Å². The molecule has 25 heavy (non-hydrogen) atoms. The molecule has 1 aromatic carbocycles. The van der Waals surface area contributed by atoms with Crippen molar-refractivity contribution in [2.45, 2.75) is 13.5 Å². The monoisotopic (exact) mass is 369 g/mol. The van der Waals surface area contributed by atoms with Crippen molar-refractivity contribution in [3.05, 3.63) is 58.2 Å². The smallest absolute Gasteiger partial charge is 0.273 e. The topological polar surface area (TPSA) is 59.2 Å². The molecule has 5 nitrogen and oxygen atoms in total. The Morgan fingerprint density at radius 1 is 1.16 bits per heavy atom. The maximum atomic E-state index is 12.8. The fourth-order valence-corrected chi connectivity index (χ4v) is 4.44. The zero-order valence-corrected chi connectivity index (χ0v) is 15.4. The van der Waals surface area contributed by atoms with Gasteiger partial charge in [-0.25, -0.2) is 9.97 Å². The lowest BCUT2D eigenvalue weighted by molar-refractivity contribution is 0.0779. The van der Waals surface area contributed by atoms with Gasteiger partial charge in [0.2, 0.25) is 0 Å². The number of hydrogen-bond donors (Lipinski definition) is 0. The predicted octanol–water partition coefficient (Wildman–Crippen LogP) is 4.59. The summed E-state index contributed by atoms with van der Waals surface area (Å²) in [5, 5.41) is 1.63. The molecule has 0 saturated carbocycles. The van der Waals surface area contributed by atoms with Gasteiger partial charge < -0.3 is 9.32 Å². The molecular formula is C18H15N3O2S2.